The van der Waals surface area contributed by atoms with Crippen LogP contribution in [0.5, 0.6) is 0 Å². The van der Waals surface area contributed by atoms with Crippen LogP contribution < -0.4 is 5.32 Å². The van der Waals surface area contributed by atoms with Gasteiger partial charge < -0.3 is 5.32 Å². The van der Waals surface area contributed by atoms with Crippen molar-refractivity contribution in [3.63, 3.8) is 0 Å². The van der Waals surface area contributed by atoms with Crippen LogP contribution in [0.15, 0.2) is 11.1 Å². The van der Waals surface area contributed by atoms with E-state index < -0.39 is 0 Å². The summed E-state index contributed by atoms with van der Waals surface area (Å²) in [6.45, 7) is 13.7. The fourth-order valence-electron chi connectivity index (χ4n) is 1.81. The summed E-state index contributed by atoms with van der Waals surface area (Å²) in [6.07, 6.45) is 1.24. The van der Waals surface area contributed by atoms with Gasteiger partial charge in [-0.3, -0.25) is 4.90 Å². The molecule has 1 aliphatic rings. The second kappa shape index (κ2) is 5.52. The van der Waals surface area contributed by atoms with Crippen molar-refractivity contribution in [3.05, 3.63) is 11.1 Å². The molecule has 0 radical (unpaired) electrons. The third-order valence-electron chi connectivity index (χ3n) is 3.34. The molecule has 1 atom stereocenters. The van der Waals surface area contributed by atoms with Crippen molar-refractivity contribution in [2.24, 2.45) is 0 Å². The van der Waals surface area contributed by atoms with Gasteiger partial charge in [-0.1, -0.05) is 19.4 Å². The minimum atomic E-state index is 0.712. The van der Waals surface area contributed by atoms with E-state index in [1.165, 1.54) is 6.42 Å². The molecule has 1 saturated heterocycles. The Labute approximate surface area is 88.4 Å². The number of rotatable bonds is 5. The van der Waals surface area contributed by atoms with Crippen molar-refractivity contribution in [1.29, 1.82) is 0 Å². The van der Waals surface area contributed by atoms with E-state index in [1.807, 2.05) is 0 Å². The molecule has 0 aliphatic carbocycles. The summed E-state index contributed by atoms with van der Waals surface area (Å²) in [4.78, 5) is 2.56. The van der Waals surface area contributed by atoms with Gasteiger partial charge in [-0.05, 0) is 32.4 Å². The predicted octanol–water partition coefficient (Wildman–Crippen LogP) is 2.03. The van der Waals surface area contributed by atoms with E-state index in [9.17, 15) is 0 Å². The molecule has 0 aromatic rings. The highest BCUT2D eigenvalue weighted by Crippen LogP contribution is 2.12. The normalized spacial score (nSPS) is 18.2. The molecule has 0 saturated carbocycles. The zero-order chi connectivity index (χ0) is 10.6. The second-order valence-electron chi connectivity index (χ2n) is 4.31. The topological polar surface area (TPSA) is 15.3 Å². The van der Waals surface area contributed by atoms with Crippen LogP contribution in [-0.2, 0) is 0 Å². The first-order valence-electron chi connectivity index (χ1n) is 5.81. The number of likely N-dealkylation sites (N-methyl/N-ethyl adjacent to an activating group) is 1. The minimum absolute atomic E-state index is 0.712. The van der Waals surface area contributed by atoms with E-state index in [2.05, 4.69) is 37.9 Å². The maximum absolute atomic E-state index is 3.30. The van der Waals surface area contributed by atoms with E-state index in [0.717, 1.165) is 26.2 Å². The van der Waals surface area contributed by atoms with E-state index in [1.54, 1.807) is 11.1 Å². The lowest BCUT2D eigenvalue weighted by atomic mass is 10.0. The Bertz CT molecular complexity index is 202. The van der Waals surface area contributed by atoms with Gasteiger partial charge in [0.2, 0.25) is 0 Å². The Kier molecular flexibility index (Phi) is 4.63. The van der Waals surface area contributed by atoms with Crippen LogP contribution in [0.25, 0.3) is 0 Å². The van der Waals surface area contributed by atoms with Crippen molar-refractivity contribution in [3.8, 4) is 0 Å². The van der Waals surface area contributed by atoms with E-state index >= 15 is 0 Å². The lowest BCUT2D eigenvalue weighted by Crippen LogP contribution is -2.38. The molecular weight excluding hydrogens is 172 g/mol. The number of hydrogen-bond acceptors (Lipinski definition) is 2. The highest BCUT2D eigenvalue weighted by molar-refractivity contribution is 5.22. The van der Waals surface area contributed by atoms with Crippen molar-refractivity contribution in [1.82, 2.24) is 10.2 Å². The minimum Gasteiger partial charge on any atom is -0.309 e. The Morgan fingerprint density at radius 1 is 1.43 bits per heavy atom. The first-order valence-corrected chi connectivity index (χ1v) is 5.81. The van der Waals surface area contributed by atoms with Gasteiger partial charge in [0.1, 0.15) is 0 Å². The molecule has 2 nitrogen and oxygen atoms in total. The summed E-state index contributed by atoms with van der Waals surface area (Å²) in [5.41, 5.74) is 3.19. The highest BCUT2D eigenvalue weighted by atomic mass is 15.1. The van der Waals surface area contributed by atoms with Crippen LogP contribution in [0.3, 0.4) is 0 Å². The van der Waals surface area contributed by atoms with Crippen LogP contribution in [0.1, 0.15) is 34.1 Å². The van der Waals surface area contributed by atoms with Crippen molar-refractivity contribution >= 4 is 0 Å². The molecule has 0 aromatic heterocycles. The zero-order valence-corrected chi connectivity index (χ0v) is 10.1. The Hall–Kier alpha value is -0.340. The zero-order valence-electron chi connectivity index (χ0n) is 10.1. The Morgan fingerprint density at radius 3 is 2.43 bits per heavy atom. The summed E-state index contributed by atoms with van der Waals surface area (Å²) >= 11 is 0. The van der Waals surface area contributed by atoms with Crippen LogP contribution in [0, 0.1) is 0 Å². The average molecular weight is 196 g/mol. The quantitative estimate of drug-likeness (QED) is 0.677. The predicted molar refractivity (Wildman–Crippen MR) is 62.6 cm³/mol. The van der Waals surface area contributed by atoms with E-state index in [0.29, 0.717) is 6.04 Å². The standard InChI is InChI=1S/C12H24N2/c1-5-11(4)14(6-2)9-10(3)12-7-13-8-12/h11,13H,5-9H2,1-4H3. The maximum atomic E-state index is 3.30. The fourth-order valence-corrected chi connectivity index (χ4v) is 1.81. The molecule has 1 rings (SSSR count). The molecule has 2 heteroatoms. The van der Waals surface area contributed by atoms with Gasteiger partial charge in [0.15, 0.2) is 0 Å². The Morgan fingerprint density at radius 2 is 2.07 bits per heavy atom. The third kappa shape index (κ3) is 2.82. The summed E-state index contributed by atoms with van der Waals surface area (Å²) in [5, 5.41) is 3.30. The summed E-state index contributed by atoms with van der Waals surface area (Å²) in [5.74, 6) is 0. The monoisotopic (exact) mass is 196 g/mol. The van der Waals surface area contributed by atoms with Gasteiger partial charge >= 0.3 is 0 Å². The largest absolute Gasteiger partial charge is 0.309 e. The molecule has 82 valence electrons. The summed E-state index contributed by atoms with van der Waals surface area (Å²) < 4.78 is 0. The number of nitrogens with one attached hydrogen (secondary N) is 1. The molecule has 0 amide bonds. The highest BCUT2D eigenvalue weighted by Gasteiger charge is 2.15. The van der Waals surface area contributed by atoms with Crippen molar-refractivity contribution < 1.29 is 0 Å². The third-order valence-corrected chi connectivity index (χ3v) is 3.34. The molecular formula is C12H24N2. The molecule has 1 unspecified atom stereocenters. The van der Waals surface area contributed by atoms with Crippen LogP contribution in [0.2, 0.25) is 0 Å². The van der Waals surface area contributed by atoms with Gasteiger partial charge in [0.05, 0.1) is 0 Å². The smallest absolute Gasteiger partial charge is 0.0196 e. The molecule has 0 bridgehead atoms. The molecule has 1 fully saturated rings. The van der Waals surface area contributed by atoms with Crippen LogP contribution in [-0.4, -0.2) is 37.1 Å². The summed E-state index contributed by atoms with van der Waals surface area (Å²) in [7, 11) is 0. The first kappa shape index (κ1) is 11.7. The van der Waals surface area contributed by atoms with Crippen molar-refractivity contribution in [2.45, 2.75) is 40.2 Å². The number of nitrogens with zero attached hydrogens (tertiary/aromatic N) is 1. The Balaban J connectivity index is 2.47. The first-order chi connectivity index (χ1) is 6.69. The van der Waals surface area contributed by atoms with Crippen LogP contribution in [0.4, 0.5) is 0 Å². The van der Waals surface area contributed by atoms with Crippen molar-refractivity contribution in [2.75, 3.05) is 26.2 Å². The lowest BCUT2D eigenvalue weighted by Gasteiger charge is -2.30. The molecule has 14 heavy (non-hydrogen) atoms. The van der Waals surface area contributed by atoms with Crippen LogP contribution >= 0.6 is 0 Å². The molecule has 0 spiro atoms. The SMILES string of the molecule is CCC(C)N(CC)CC(C)=C1CNC1. The second-order valence-corrected chi connectivity index (χ2v) is 4.31. The number of hydrogen-bond donors (Lipinski definition) is 1. The average Bonchev–Trinajstić information content (AvgIpc) is 2.10. The van der Waals surface area contributed by atoms with E-state index in [-0.39, 0.29) is 0 Å². The van der Waals surface area contributed by atoms with Gasteiger partial charge in [-0.25, -0.2) is 0 Å². The van der Waals surface area contributed by atoms with Gasteiger partial charge in [-0.15, -0.1) is 0 Å². The van der Waals surface area contributed by atoms with E-state index in [4.69, 9.17) is 0 Å². The molecule has 1 aliphatic heterocycles. The summed E-state index contributed by atoms with van der Waals surface area (Å²) in [6, 6.07) is 0.712. The fraction of sp³-hybridized carbons (Fsp3) is 0.833. The van der Waals surface area contributed by atoms with Gasteiger partial charge in [0.25, 0.3) is 0 Å². The molecule has 1 heterocycles. The van der Waals surface area contributed by atoms with Gasteiger partial charge in [0, 0.05) is 25.7 Å². The maximum Gasteiger partial charge on any atom is 0.0196 e. The molecule has 1 N–H and O–H groups in total. The van der Waals surface area contributed by atoms with Gasteiger partial charge in [-0.2, -0.15) is 0 Å². The molecule has 0 aromatic carbocycles. The lowest BCUT2D eigenvalue weighted by molar-refractivity contribution is 0.232.